The van der Waals surface area contributed by atoms with Crippen molar-refractivity contribution in [3.63, 3.8) is 0 Å². The first-order valence-electron chi connectivity index (χ1n) is 7.39. The largest absolute Gasteiger partial charge is 0.382 e. The summed E-state index contributed by atoms with van der Waals surface area (Å²) in [5.41, 5.74) is 2.50. The van der Waals surface area contributed by atoms with Crippen LogP contribution in [0, 0.1) is 24.1 Å². The van der Waals surface area contributed by atoms with Gasteiger partial charge >= 0.3 is 0 Å². The van der Waals surface area contributed by atoms with Crippen molar-refractivity contribution in [3.05, 3.63) is 29.6 Å². The third kappa shape index (κ3) is 3.71. The molecule has 1 aromatic rings. The summed E-state index contributed by atoms with van der Waals surface area (Å²) in [5.74, 6) is 0.663. The highest BCUT2D eigenvalue weighted by molar-refractivity contribution is 5.51. The Kier molecular flexibility index (Phi) is 4.17. The fourth-order valence-corrected chi connectivity index (χ4v) is 3.07. The van der Waals surface area contributed by atoms with Crippen molar-refractivity contribution in [1.29, 1.82) is 0 Å². The average molecular weight is 263 g/mol. The fourth-order valence-electron chi connectivity index (χ4n) is 3.07. The Balaban J connectivity index is 1.94. The summed E-state index contributed by atoms with van der Waals surface area (Å²) in [6.45, 7) is 9.04. The molecule has 1 fully saturated rings. The van der Waals surface area contributed by atoms with Crippen molar-refractivity contribution in [2.75, 3.05) is 5.32 Å². The van der Waals surface area contributed by atoms with Gasteiger partial charge in [-0.3, -0.25) is 0 Å². The maximum atomic E-state index is 13.3. The van der Waals surface area contributed by atoms with Crippen LogP contribution in [0.5, 0.6) is 0 Å². The Bertz CT molecular complexity index is 425. The van der Waals surface area contributed by atoms with Gasteiger partial charge in [-0.05, 0) is 61.6 Å². The van der Waals surface area contributed by atoms with Crippen LogP contribution in [0.2, 0.25) is 0 Å². The summed E-state index contributed by atoms with van der Waals surface area (Å²) in [4.78, 5) is 0. The highest BCUT2D eigenvalue weighted by Gasteiger charge is 2.29. The van der Waals surface area contributed by atoms with Crippen molar-refractivity contribution in [2.45, 2.75) is 59.4 Å². The molecule has 0 aliphatic heterocycles. The van der Waals surface area contributed by atoms with E-state index < -0.39 is 0 Å². The Labute approximate surface area is 116 Å². The lowest BCUT2D eigenvalue weighted by atomic mass is 9.71. The Morgan fingerprint density at radius 1 is 1.11 bits per heavy atom. The van der Waals surface area contributed by atoms with E-state index in [0.29, 0.717) is 11.5 Å². The molecule has 2 rings (SSSR count). The lowest BCUT2D eigenvalue weighted by Gasteiger charge is -2.37. The van der Waals surface area contributed by atoms with E-state index in [4.69, 9.17) is 0 Å². The van der Waals surface area contributed by atoms with Gasteiger partial charge in [0.1, 0.15) is 5.82 Å². The van der Waals surface area contributed by atoms with Crippen LogP contribution in [0.3, 0.4) is 0 Å². The first-order chi connectivity index (χ1) is 8.86. The number of anilines is 1. The molecule has 2 heteroatoms. The molecule has 19 heavy (non-hydrogen) atoms. The molecular weight excluding hydrogens is 237 g/mol. The molecule has 1 saturated carbocycles. The normalized spacial score (nSPS) is 24.3. The van der Waals surface area contributed by atoms with Crippen LogP contribution in [-0.4, -0.2) is 6.04 Å². The van der Waals surface area contributed by atoms with E-state index in [-0.39, 0.29) is 5.82 Å². The van der Waals surface area contributed by atoms with Gasteiger partial charge in [0.05, 0.1) is 0 Å². The van der Waals surface area contributed by atoms with E-state index in [1.807, 2.05) is 13.0 Å². The average Bonchev–Trinajstić information content (AvgIpc) is 2.33. The van der Waals surface area contributed by atoms with E-state index in [2.05, 4.69) is 26.1 Å². The minimum Gasteiger partial charge on any atom is -0.382 e. The maximum Gasteiger partial charge on any atom is 0.125 e. The first-order valence-corrected chi connectivity index (χ1v) is 7.39. The number of nitrogens with one attached hydrogen (secondary N) is 1. The molecule has 0 amide bonds. The van der Waals surface area contributed by atoms with E-state index in [1.165, 1.54) is 31.7 Å². The van der Waals surface area contributed by atoms with Crippen LogP contribution >= 0.6 is 0 Å². The number of hydrogen-bond donors (Lipinski definition) is 1. The number of benzene rings is 1. The summed E-state index contributed by atoms with van der Waals surface area (Å²) in [5, 5.41) is 3.52. The highest BCUT2D eigenvalue weighted by atomic mass is 19.1. The van der Waals surface area contributed by atoms with E-state index in [9.17, 15) is 4.39 Å². The van der Waals surface area contributed by atoms with Crippen molar-refractivity contribution in [2.24, 2.45) is 11.3 Å². The quantitative estimate of drug-likeness (QED) is 0.778. The zero-order valence-corrected chi connectivity index (χ0v) is 12.6. The summed E-state index contributed by atoms with van der Waals surface area (Å²) in [6.07, 6.45) is 4.93. The number of aryl methyl sites for hydroxylation is 1. The summed E-state index contributed by atoms with van der Waals surface area (Å²) in [6, 6.07) is 5.49. The van der Waals surface area contributed by atoms with Gasteiger partial charge in [-0.1, -0.05) is 26.8 Å². The third-order valence-corrected chi connectivity index (χ3v) is 4.51. The second-order valence-electron chi connectivity index (χ2n) is 7.02. The second-order valence-corrected chi connectivity index (χ2v) is 7.02. The summed E-state index contributed by atoms with van der Waals surface area (Å²) < 4.78 is 13.3. The minimum absolute atomic E-state index is 0.156. The van der Waals surface area contributed by atoms with E-state index in [0.717, 1.165) is 17.2 Å². The Hall–Kier alpha value is -1.05. The number of rotatable bonds is 2. The standard InChI is InChI=1S/C17H26FN/c1-12-5-8-14(18)11-16(12)19-15-9-6-13(7-10-15)17(2,3)4/h5,8,11,13,15,19H,6-7,9-10H2,1-4H3. The fraction of sp³-hybridized carbons (Fsp3) is 0.647. The molecule has 0 aromatic heterocycles. The number of halogens is 1. The van der Waals surface area contributed by atoms with Gasteiger partial charge in [0.2, 0.25) is 0 Å². The molecule has 106 valence electrons. The Morgan fingerprint density at radius 3 is 2.32 bits per heavy atom. The van der Waals surface area contributed by atoms with Crippen LogP contribution in [0.25, 0.3) is 0 Å². The molecule has 0 bridgehead atoms. The number of hydrogen-bond acceptors (Lipinski definition) is 1. The molecule has 1 nitrogen and oxygen atoms in total. The Morgan fingerprint density at radius 2 is 1.74 bits per heavy atom. The van der Waals surface area contributed by atoms with Crippen LogP contribution in [0.15, 0.2) is 18.2 Å². The predicted octanol–water partition coefficient (Wildman–Crippen LogP) is 5.15. The van der Waals surface area contributed by atoms with Crippen molar-refractivity contribution in [1.82, 2.24) is 0 Å². The van der Waals surface area contributed by atoms with Crippen LogP contribution in [-0.2, 0) is 0 Å². The van der Waals surface area contributed by atoms with Crippen LogP contribution < -0.4 is 5.32 Å². The molecule has 1 aliphatic rings. The molecule has 1 N–H and O–H groups in total. The van der Waals surface area contributed by atoms with E-state index >= 15 is 0 Å². The predicted molar refractivity (Wildman–Crippen MR) is 80.0 cm³/mol. The summed E-state index contributed by atoms with van der Waals surface area (Å²) in [7, 11) is 0. The van der Waals surface area contributed by atoms with Gasteiger partial charge in [-0.15, -0.1) is 0 Å². The van der Waals surface area contributed by atoms with Crippen molar-refractivity contribution >= 4 is 5.69 Å². The molecule has 0 radical (unpaired) electrons. The first kappa shape index (κ1) is 14.4. The molecule has 0 spiro atoms. The van der Waals surface area contributed by atoms with Gasteiger partial charge in [0.25, 0.3) is 0 Å². The van der Waals surface area contributed by atoms with E-state index in [1.54, 1.807) is 6.07 Å². The van der Waals surface area contributed by atoms with Gasteiger partial charge < -0.3 is 5.32 Å². The van der Waals surface area contributed by atoms with Crippen molar-refractivity contribution < 1.29 is 4.39 Å². The SMILES string of the molecule is Cc1ccc(F)cc1NC1CCC(C(C)(C)C)CC1. The topological polar surface area (TPSA) is 12.0 Å². The zero-order valence-electron chi connectivity index (χ0n) is 12.6. The van der Waals surface area contributed by atoms with Crippen LogP contribution in [0.1, 0.15) is 52.0 Å². The molecule has 0 unspecified atom stereocenters. The van der Waals surface area contributed by atoms with Crippen LogP contribution in [0.4, 0.5) is 10.1 Å². The molecule has 0 heterocycles. The maximum absolute atomic E-state index is 13.3. The van der Waals surface area contributed by atoms with Crippen molar-refractivity contribution in [3.8, 4) is 0 Å². The lowest BCUT2D eigenvalue weighted by molar-refractivity contribution is 0.173. The van der Waals surface area contributed by atoms with Gasteiger partial charge in [-0.25, -0.2) is 4.39 Å². The molecule has 0 saturated heterocycles. The van der Waals surface area contributed by atoms with Gasteiger partial charge in [-0.2, -0.15) is 0 Å². The monoisotopic (exact) mass is 263 g/mol. The minimum atomic E-state index is -0.156. The summed E-state index contributed by atoms with van der Waals surface area (Å²) >= 11 is 0. The smallest absolute Gasteiger partial charge is 0.125 e. The zero-order chi connectivity index (χ0) is 14.0. The second kappa shape index (κ2) is 5.52. The van der Waals surface area contributed by atoms with Gasteiger partial charge in [0, 0.05) is 11.7 Å². The molecule has 1 aliphatic carbocycles. The van der Waals surface area contributed by atoms with Gasteiger partial charge in [0.15, 0.2) is 0 Å². The molecular formula is C17H26FN. The highest BCUT2D eigenvalue weighted by Crippen LogP contribution is 2.38. The molecule has 0 atom stereocenters. The third-order valence-electron chi connectivity index (χ3n) is 4.51. The molecule has 1 aromatic carbocycles. The lowest BCUT2D eigenvalue weighted by Crippen LogP contribution is -2.31.